The van der Waals surface area contributed by atoms with E-state index in [4.69, 9.17) is 35.4 Å². The van der Waals surface area contributed by atoms with Crippen molar-refractivity contribution >= 4 is 23.3 Å². The first kappa shape index (κ1) is 28.1. The average Bonchev–Trinajstić information content (AvgIpc) is 3.64. The Labute approximate surface area is 241 Å². The molecule has 0 bridgehead atoms. The molecule has 3 heterocycles. The number of oxime groups is 1. The molecular formula is C28H29ClN6O6. The summed E-state index contributed by atoms with van der Waals surface area (Å²) >= 11 is 6.49. The highest BCUT2D eigenvalue weighted by Gasteiger charge is 2.33. The Morgan fingerprint density at radius 2 is 1.95 bits per heavy atom. The number of aromatic nitrogens is 5. The van der Waals surface area contributed by atoms with E-state index >= 15 is 0 Å². The first-order valence-corrected chi connectivity index (χ1v) is 13.3. The fourth-order valence-electron chi connectivity index (χ4n) is 4.84. The zero-order chi connectivity index (χ0) is 28.9. The Hall–Kier alpha value is -4.42. The zero-order valence-corrected chi connectivity index (χ0v) is 23.7. The van der Waals surface area contributed by atoms with Gasteiger partial charge in [-0.25, -0.2) is 4.79 Å². The van der Waals surface area contributed by atoms with Crippen LogP contribution in [0.1, 0.15) is 48.2 Å². The summed E-state index contributed by atoms with van der Waals surface area (Å²) < 4.78 is 25.3. The quantitative estimate of drug-likeness (QED) is 0.153. The zero-order valence-electron chi connectivity index (χ0n) is 23.0. The fourth-order valence-corrected chi connectivity index (χ4v) is 5.02. The molecule has 13 heteroatoms. The van der Waals surface area contributed by atoms with E-state index in [-0.39, 0.29) is 18.1 Å². The minimum atomic E-state index is -0.703. The largest absolute Gasteiger partial charge is 0.493 e. The molecule has 0 saturated heterocycles. The Bertz CT molecular complexity index is 1570. The van der Waals surface area contributed by atoms with Crippen LogP contribution in [0.5, 0.6) is 11.5 Å². The third kappa shape index (κ3) is 5.61. The van der Waals surface area contributed by atoms with Crippen molar-refractivity contribution in [3.05, 3.63) is 82.4 Å². The number of fused-ring (bicyclic) bond motifs is 3. The lowest BCUT2D eigenvalue weighted by Gasteiger charge is -2.25. The Morgan fingerprint density at radius 3 is 2.71 bits per heavy atom. The summed E-state index contributed by atoms with van der Waals surface area (Å²) in [5, 5.41) is 16.7. The van der Waals surface area contributed by atoms with Gasteiger partial charge in [0.05, 0.1) is 38.8 Å². The summed E-state index contributed by atoms with van der Waals surface area (Å²) in [6.07, 6.45) is 1.52. The Morgan fingerprint density at radius 1 is 1.10 bits per heavy atom. The SMILES string of the molecule is CCOC(=O)/C(=N\OC)c1nnn(CC[C@H]2O[C@H](c3cccc(OC)c3OC)c3cc(Cl)ccc3-n3cccc32)n1. The topological polar surface area (TPSA) is 124 Å². The molecule has 1 aliphatic heterocycles. The normalized spacial score (nSPS) is 16.4. The summed E-state index contributed by atoms with van der Waals surface area (Å²) in [5.41, 5.74) is 3.37. The smallest absolute Gasteiger partial charge is 0.364 e. The maximum atomic E-state index is 12.3. The standard InChI is InChI=1S/C28H29ClN6O6/c1-5-40-28(36)24(32-39-4)27-30-33-35(31-27)15-13-22-21-9-7-14-34(21)20-12-11-17(29)16-19(20)25(41-22)18-8-6-10-23(37-2)26(18)38-3/h6-12,14,16,22,25H,5,13,15H2,1-4H3/b32-24-/t22-,25-/m1/s1. The molecule has 12 nitrogen and oxygen atoms in total. The monoisotopic (exact) mass is 580 g/mol. The number of benzene rings is 2. The van der Waals surface area contributed by atoms with Crippen LogP contribution in [0.4, 0.5) is 0 Å². The molecule has 2 atom stereocenters. The van der Waals surface area contributed by atoms with E-state index in [2.05, 4.69) is 25.1 Å². The van der Waals surface area contributed by atoms with Crippen LogP contribution in [-0.2, 0) is 25.7 Å². The van der Waals surface area contributed by atoms with Gasteiger partial charge in [0.15, 0.2) is 11.5 Å². The molecule has 5 rings (SSSR count). The first-order chi connectivity index (χ1) is 20.0. The summed E-state index contributed by atoms with van der Waals surface area (Å²) in [4.78, 5) is 18.5. The molecule has 0 radical (unpaired) electrons. The molecule has 0 aliphatic carbocycles. The van der Waals surface area contributed by atoms with Gasteiger partial charge in [0, 0.05) is 28.8 Å². The fraction of sp³-hybridized carbons (Fsp3) is 0.321. The van der Waals surface area contributed by atoms with Crippen LogP contribution < -0.4 is 9.47 Å². The lowest BCUT2D eigenvalue weighted by Crippen LogP contribution is -2.21. The molecule has 0 N–H and O–H groups in total. The van der Waals surface area contributed by atoms with Crippen molar-refractivity contribution in [1.82, 2.24) is 24.8 Å². The number of rotatable bonds is 10. The van der Waals surface area contributed by atoms with Crippen LogP contribution >= 0.6 is 11.6 Å². The molecule has 41 heavy (non-hydrogen) atoms. The molecule has 0 amide bonds. The van der Waals surface area contributed by atoms with Crippen LogP contribution in [-0.4, -0.2) is 64.4 Å². The molecule has 214 valence electrons. The van der Waals surface area contributed by atoms with E-state index in [9.17, 15) is 4.79 Å². The van der Waals surface area contributed by atoms with Crippen molar-refractivity contribution in [3.8, 4) is 17.2 Å². The van der Waals surface area contributed by atoms with Crippen molar-refractivity contribution < 1.29 is 28.6 Å². The minimum Gasteiger partial charge on any atom is -0.493 e. The third-order valence-corrected chi connectivity index (χ3v) is 6.80. The van der Waals surface area contributed by atoms with E-state index in [0.717, 1.165) is 22.5 Å². The lowest BCUT2D eigenvalue weighted by atomic mass is 9.98. The molecule has 4 aromatic rings. The number of hydrogen-bond donors (Lipinski definition) is 0. The molecule has 0 fully saturated rings. The molecule has 0 spiro atoms. The van der Waals surface area contributed by atoms with Crippen LogP contribution in [0.2, 0.25) is 5.02 Å². The predicted octanol–water partition coefficient (Wildman–Crippen LogP) is 4.30. The summed E-state index contributed by atoms with van der Waals surface area (Å²) in [6, 6.07) is 15.4. The summed E-state index contributed by atoms with van der Waals surface area (Å²) in [7, 11) is 4.52. The number of aryl methyl sites for hydroxylation is 1. The number of esters is 1. The summed E-state index contributed by atoms with van der Waals surface area (Å²) in [6.45, 7) is 2.18. The number of nitrogens with zero attached hydrogens (tertiary/aromatic N) is 6. The van der Waals surface area contributed by atoms with Crippen molar-refractivity contribution in [2.75, 3.05) is 27.9 Å². The number of tetrazole rings is 1. The van der Waals surface area contributed by atoms with Crippen LogP contribution in [0, 0.1) is 0 Å². The molecule has 1 aliphatic rings. The van der Waals surface area contributed by atoms with Gasteiger partial charge in [0.1, 0.15) is 19.3 Å². The predicted molar refractivity (Wildman–Crippen MR) is 149 cm³/mol. The second kappa shape index (κ2) is 12.4. The van der Waals surface area contributed by atoms with Gasteiger partial charge in [0.2, 0.25) is 11.5 Å². The van der Waals surface area contributed by atoms with Crippen LogP contribution in [0.3, 0.4) is 0 Å². The van der Waals surface area contributed by atoms with Gasteiger partial charge in [-0.05, 0) is 48.5 Å². The van der Waals surface area contributed by atoms with Gasteiger partial charge in [-0.1, -0.05) is 28.9 Å². The maximum absolute atomic E-state index is 12.3. The van der Waals surface area contributed by atoms with Crippen molar-refractivity contribution in [2.24, 2.45) is 5.16 Å². The van der Waals surface area contributed by atoms with Gasteiger partial charge < -0.3 is 28.4 Å². The molecular weight excluding hydrogens is 552 g/mol. The number of halogens is 1. The highest BCUT2D eigenvalue weighted by molar-refractivity contribution is 6.42. The van der Waals surface area contributed by atoms with Crippen molar-refractivity contribution in [1.29, 1.82) is 0 Å². The van der Waals surface area contributed by atoms with Crippen molar-refractivity contribution in [3.63, 3.8) is 0 Å². The molecule has 2 aromatic heterocycles. The van der Waals surface area contributed by atoms with Gasteiger partial charge in [0.25, 0.3) is 0 Å². The highest BCUT2D eigenvalue weighted by atomic mass is 35.5. The highest BCUT2D eigenvalue weighted by Crippen LogP contribution is 2.46. The van der Waals surface area contributed by atoms with Crippen LogP contribution in [0.25, 0.3) is 5.69 Å². The molecule has 0 saturated carbocycles. The van der Waals surface area contributed by atoms with Crippen molar-refractivity contribution in [2.45, 2.75) is 32.1 Å². The number of para-hydroxylation sites is 1. The molecule has 2 aromatic carbocycles. The van der Waals surface area contributed by atoms with E-state index in [1.165, 1.54) is 11.9 Å². The number of ether oxygens (including phenoxy) is 4. The second-order valence-corrected chi connectivity index (χ2v) is 9.37. The third-order valence-electron chi connectivity index (χ3n) is 6.57. The van der Waals surface area contributed by atoms with E-state index in [1.54, 1.807) is 21.1 Å². The lowest BCUT2D eigenvalue weighted by molar-refractivity contribution is -0.135. The Kier molecular flexibility index (Phi) is 8.50. The number of carbonyl (C=O) groups excluding carboxylic acids is 1. The number of carbonyl (C=O) groups is 1. The number of hydrogen-bond acceptors (Lipinski definition) is 10. The second-order valence-electron chi connectivity index (χ2n) is 8.93. The van der Waals surface area contributed by atoms with E-state index in [0.29, 0.717) is 29.5 Å². The van der Waals surface area contributed by atoms with Crippen LogP contribution in [0.15, 0.2) is 59.9 Å². The summed E-state index contributed by atoms with van der Waals surface area (Å²) in [5.74, 6) is 0.455. The van der Waals surface area contributed by atoms with Gasteiger partial charge in [-0.15, -0.1) is 10.2 Å². The minimum absolute atomic E-state index is 0.00324. The first-order valence-electron chi connectivity index (χ1n) is 12.9. The van der Waals surface area contributed by atoms with Gasteiger partial charge in [-0.3, -0.25) is 0 Å². The van der Waals surface area contributed by atoms with Gasteiger partial charge in [-0.2, -0.15) is 4.80 Å². The average molecular weight is 581 g/mol. The Balaban J connectivity index is 1.50. The van der Waals surface area contributed by atoms with E-state index in [1.807, 2.05) is 54.7 Å². The maximum Gasteiger partial charge on any atom is 0.364 e. The van der Waals surface area contributed by atoms with E-state index < -0.39 is 18.2 Å². The molecule has 0 unspecified atom stereocenters. The number of methoxy groups -OCH3 is 2. The van der Waals surface area contributed by atoms with Gasteiger partial charge >= 0.3 is 5.97 Å².